The Morgan fingerprint density at radius 1 is 0.947 bits per heavy atom. The standard InChI is InChI=1S/C29H31N3O5.ClH/c1-35-25-11-3-19(4-12-25)17-32-24(15-23(29(32)34)16-27(33)36-2)18-37-26-13-9-21(10-14-26)20-5-7-22(8-6-20)28(30)31;/h3-14,23-24H,15-18H2,1-2H3,(H3,30,31);1H/t23-,24-;/m0./s1. The SMILES string of the molecule is COC(=O)C[C@@H]1C[C@@H](COc2ccc(-c3ccc(C(=N)N)cc3)cc2)N(Cc2ccc(OC)cc2)C1=O.Cl. The van der Waals surface area contributed by atoms with Crippen LogP contribution in [-0.4, -0.2) is 49.5 Å². The molecule has 1 heterocycles. The summed E-state index contributed by atoms with van der Waals surface area (Å²) in [5, 5.41) is 7.53. The third-order valence-electron chi connectivity index (χ3n) is 6.61. The first kappa shape index (κ1) is 28.5. The Bertz CT molecular complexity index is 1250. The van der Waals surface area contributed by atoms with E-state index in [-0.39, 0.29) is 36.6 Å². The zero-order chi connectivity index (χ0) is 26.4. The van der Waals surface area contributed by atoms with Gasteiger partial charge < -0.3 is 24.8 Å². The number of rotatable bonds is 10. The summed E-state index contributed by atoms with van der Waals surface area (Å²) in [4.78, 5) is 26.9. The molecule has 4 rings (SSSR count). The van der Waals surface area contributed by atoms with E-state index in [9.17, 15) is 9.59 Å². The number of nitrogens with zero attached hydrogens (tertiary/aromatic N) is 1. The van der Waals surface area contributed by atoms with Crippen LogP contribution in [0.15, 0.2) is 72.8 Å². The number of hydrogen-bond donors (Lipinski definition) is 2. The lowest BCUT2D eigenvalue weighted by Gasteiger charge is -2.25. The van der Waals surface area contributed by atoms with Crippen LogP contribution in [0.25, 0.3) is 11.1 Å². The Morgan fingerprint density at radius 3 is 2.08 bits per heavy atom. The van der Waals surface area contributed by atoms with Gasteiger partial charge in [0, 0.05) is 12.1 Å². The summed E-state index contributed by atoms with van der Waals surface area (Å²) in [5.74, 6) is 0.584. The second-order valence-electron chi connectivity index (χ2n) is 9.01. The zero-order valence-corrected chi connectivity index (χ0v) is 22.2. The largest absolute Gasteiger partial charge is 0.497 e. The number of likely N-dealkylation sites (tertiary alicyclic amines) is 1. The molecule has 1 aliphatic heterocycles. The van der Waals surface area contributed by atoms with Crippen molar-refractivity contribution in [3.05, 3.63) is 83.9 Å². The van der Waals surface area contributed by atoms with E-state index in [4.69, 9.17) is 25.4 Å². The van der Waals surface area contributed by atoms with E-state index < -0.39 is 11.9 Å². The summed E-state index contributed by atoms with van der Waals surface area (Å²) in [5.41, 5.74) is 9.21. The molecule has 1 amide bonds. The Hall–Kier alpha value is -4.04. The number of nitrogens with two attached hydrogens (primary N) is 1. The number of halogens is 1. The highest BCUT2D eigenvalue weighted by Gasteiger charge is 2.40. The molecule has 0 unspecified atom stereocenters. The highest BCUT2D eigenvalue weighted by Crippen LogP contribution is 2.31. The van der Waals surface area contributed by atoms with Crippen LogP contribution >= 0.6 is 12.4 Å². The van der Waals surface area contributed by atoms with Gasteiger partial charge >= 0.3 is 5.97 Å². The molecule has 0 bridgehead atoms. The summed E-state index contributed by atoms with van der Waals surface area (Å²) in [6, 6.07) is 22.6. The molecule has 8 nitrogen and oxygen atoms in total. The number of amidine groups is 1. The molecule has 0 radical (unpaired) electrons. The van der Waals surface area contributed by atoms with Gasteiger partial charge in [0.15, 0.2) is 0 Å². The van der Waals surface area contributed by atoms with Crippen molar-refractivity contribution < 1.29 is 23.8 Å². The van der Waals surface area contributed by atoms with E-state index in [1.165, 1.54) is 7.11 Å². The van der Waals surface area contributed by atoms with Gasteiger partial charge in [0.1, 0.15) is 23.9 Å². The van der Waals surface area contributed by atoms with Crippen molar-refractivity contribution >= 4 is 30.1 Å². The molecule has 1 aliphatic rings. The molecule has 1 saturated heterocycles. The van der Waals surface area contributed by atoms with Crippen molar-refractivity contribution in [1.82, 2.24) is 4.90 Å². The third kappa shape index (κ3) is 6.83. The molecule has 1 fully saturated rings. The number of amides is 1. The van der Waals surface area contributed by atoms with Gasteiger partial charge in [-0.1, -0.05) is 48.5 Å². The highest BCUT2D eigenvalue weighted by atomic mass is 35.5. The van der Waals surface area contributed by atoms with Gasteiger partial charge in [-0.2, -0.15) is 0 Å². The lowest BCUT2D eigenvalue weighted by Crippen LogP contribution is -2.37. The second-order valence-corrected chi connectivity index (χ2v) is 9.01. The summed E-state index contributed by atoms with van der Waals surface area (Å²) in [6.07, 6.45) is 0.576. The average Bonchev–Trinajstić information content (AvgIpc) is 3.21. The molecule has 0 saturated carbocycles. The van der Waals surface area contributed by atoms with Crippen LogP contribution in [0.4, 0.5) is 0 Å². The van der Waals surface area contributed by atoms with Crippen LogP contribution in [-0.2, 0) is 20.9 Å². The highest BCUT2D eigenvalue weighted by molar-refractivity contribution is 5.95. The molecule has 38 heavy (non-hydrogen) atoms. The molecule has 3 N–H and O–H groups in total. The maximum Gasteiger partial charge on any atom is 0.306 e. The van der Waals surface area contributed by atoms with Crippen molar-refractivity contribution in [2.45, 2.75) is 25.4 Å². The second kappa shape index (κ2) is 13.0. The maximum absolute atomic E-state index is 13.2. The van der Waals surface area contributed by atoms with Crippen molar-refractivity contribution in [1.29, 1.82) is 5.41 Å². The number of ether oxygens (including phenoxy) is 3. The Balaban J connectivity index is 0.00000400. The van der Waals surface area contributed by atoms with E-state index in [1.54, 1.807) is 12.0 Å². The van der Waals surface area contributed by atoms with Crippen LogP contribution in [0.1, 0.15) is 24.0 Å². The minimum atomic E-state index is -0.431. The van der Waals surface area contributed by atoms with Gasteiger partial charge in [-0.3, -0.25) is 15.0 Å². The lowest BCUT2D eigenvalue weighted by atomic mass is 10.0. The Labute approximate surface area is 228 Å². The Morgan fingerprint density at radius 2 is 1.53 bits per heavy atom. The normalized spacial score (nSPS) is 16.5. The lowest BCUT2D eigenvalue weighted by molar-refractivity contribution is -0.145. The monoisotopic (exact) mass is 537 g/mol. The van der Waals surface area contributed by atoms with Crippen molar-refractivity contribution in [2.75, 3.05) is 20.8 Å². The van der Waals surface area contributed by atoms with E-state index in [2.05, 4.69) is 0 Å². The zero-order valence-electron chi connectivity index (χ0n) is 21.4. The number of carbonyl (C=O) groups is 2. The number of benzene rings is 3. The van der Waals surface area contributed by atoms with Gasteiger partial charge in [-0.05, 0) is 47.4 Å². The number of esters is 1. The van der Waals surface area contributed by atoms with Gasteiger partial charge in [-0.15, -0.1) is 12.4 Å². The first-order valence-corrected chi connectivity index (χ1v) is 12.1. The summed E-state index contributed by atoms with van der Waals surface area (Å²) < 4.78 is 16.1. The van der Waals surface area contributed by atoms with Crippen molar-refractivity contribution in [3.8, 4) is 22.6 Å². The smallest absolute Gasteiger partial charge is 0.306 e. The van der Waals surface area contributed by atoms with Crippen molar-refractivity contribution in [2.24, 2.45) is 11.7 Å². The fourth-order valence-corrected chi connectivity index (χ4v) is 4.50. The van der Waals surface area contributed by atoms with Crippen molar-refractivity contribution in [3.63, 3.8) is 0 Å². The molecule has 200 valence electrons. The minimum Gasteiger partial charge on any atom is -0.497 e. The molecular weight excluding hydrogens is 506 g/mol. The number of nitrogen functional groups attached to an aromatic ring is 1. The van der Waals surface area contributed by atoms with Gasteiger partial charge in [-0.25, -0.2) is 0 Å². The molecular formula is C29H32ClN3O5. The molecule has 0 spiro atoms. The van der Waals surface area contributed by atoms with E-state index in [0.717, 1.165) is 22.4 Å². The summed E-state index contributed by atoms with van der Waals surface area (Å²) in [6.45, 7) is 0.732. The molecule has 3 aromatic rings. The van der Waals surface area contributed by atoms with E-state index in [1.807, 2.05) is 72.8 Å². The average molecular weight is 538 g/mol. The number of hydrogen-bond acceptors (Lipinski definition) is 6. The van der Waals surface area contributed by atoms with Crippen LogP contribution in [0, 0.1) is 11.3 Å². The van der Waals surface area contributed by atoms with E-state index in [0.29, 0.717) is 30.9 Å². The molecule has 3 aromatic carbocycles. The quantitative estimate of drug-likeness (QED) is 0.225. The number of nitrogens with one attached hydrogen (secondary N) is 1. The summed E-state index contributed by atoms with van der Waals surface area (Å²) in [7, 11) is 2.94. The van der Waals surface area contributed by atoms with Gasteiger partial charge in [0.2, 0.25) is 5.91 Å². The molecule has 2 atom stereocenters. The van der Waals surface area contributed by atoms with Gasteiger partial charge in [0.25, 0.3) is 0 Å². The van der Waals surface area contributed by atoms with E-state index >= 15 is 0 Å². The van der Waals surface area contributed by atoms with Crippen LogP contribution in [0.3, 0.4) is 0 Å². The molecule has 0 aromatic heterocycles. The minimum absolute atomic E-state index is 0. The van der Waals surface area contributed by atoms with Crippen LogP contribution < -0.4 is 15.2 Å². The molecule has 0 aliphatic carbocycles. The topological polar surface area (TPSA) is 115 Å². The van der Waals surface area contributed by atoms with Crippen LogP contribution in [0.2, 0.25) is 0 Å². The first-order valence-electron chi connectivity index (χ1n) is 12.1. The first-order chi connectivity index (χ1) is 17.9. The molecule has 9 heteroatoms. The summed E-state index contributed by atoms with van der Waals surface area (Å²) >= 11 is 0. The Kier molecular flexibility index (Phi) is 9.73. The van der Waals surface area contributed by atoms with Gasteiger partial charge in [0.05, 0.1) is 32.6 Å². The third-order valence-corrected chi connectivity index (χ3v) is 6.61. The van der Waals surface area contributed by atoms with Crippen LogP contribution in [0.5, 0.6) is 11.5 Å². The number of carbonyl (C=O) groups excluding carboxylic acids is 2. The predicted molar refractivity (Wildman–Crippen MR) is 148 cm³/mol. The predicted octanol–water partition coefficient (Wildman–Crippen LogP) is 4.43. The maximum atomic E-state index is 13.2. The fourth-order valence-electron chi connectivity index (χ4n) is 4.50. The fraction of sp³-hybridized carbons (Fsp3) is 0.276. The number of methoxy groups -OCH3 is 2.